The second-order valence-electron chi connectivity index (χ2n) is 7.83. The van der Waals surface area contributed by atoms with Crippen LogP contribution in [-0.2, 0) is 29.8 Å². The highest BCUT2D eigenvalue weighted by Crippen LogP contribution is 2.40. The van der Waals surface area contributed by atoms with Crippen molar-refractivity contribution in [2.24, 2.45) is 5.11 Å². The van der Waals surface area contributed by atoms with Gasteiger partial charge < -0.3 is 14.4 Å². The van der Waals surface area contributed by atoms with Crippen LogP contribution in [-0.4, -0.2) is 52.3 Å². The van der Waals surface area contributed by atoms with E-state index in [1.807, 2.05) is 0 Å². The first-order chi connectivity index (χ1) is 16.6. The molecule has 1 unspecified atom stereocenters. The minimum atomic E-state index is -4.55. The van der Waals surface area contributed by atoms with Gasteiger partial charge in [-0.2, -0.15) is 0 Å². The molecule has 3 rings (SSSR count). The van der Waals surface area contributed by atoms with Gasteiger partial charge in [-0.15, -0.1) is 0 Å². The number of rotatable bonds is 10. The number of methoxy groups -OCH3 is 1. The Bertz CT molecular complexity index is 1260. The maximum absolute atomic E-state index is 12.7. The molecule has 2 aromatic rings. The Labute approximate surface area is 199 Å². The molecule has 0 aliphatic carbocycles. The van der Waals surface area contributed by atoms with Crippen LogP contribution in [0.1, 0.15) is 23.8 Å². The summed E-state index contributed by atoms with van der Waals surface area (Å²) in [6, 6.07) is 6.81. The summed E-state index contributed by atoms with van der Waals surface area (Å²) in [5.74, 6) is -0.760. The molecule has 0 amide bonds. The van der Waals surface area contributed by atoms with Gasteiger partial charge in [0.25, 0.3) is 5.56 Å². The zero-order valence-corrected chi connectivity index (χ0v) is 19.8. The third-order valence-corrected chi connectivity index (χ3v) is 6.50. The summed E-state index contributed by atoms with van der Waals surface area (Å²) in [4.78, 5) is 51.2. The molecule has 15 heteroatoms. The van der Waals surface area contributed by atoms with E-state index in [0.717, 1.165) is 17.2 Å². The van der Waals surface area contributed by atoms with Crippen LogP contribution in [0.2, 0.25) is 0 Å². The Morgan fingerprint density at radius 1 is 1.43 bits per heavy atom. The lowest BCUT2D eigenvalue weighted by atomic mass is 10.1. The Morgan fingerprint density at radius 2 is 2.14 bits per heavy atom. The molecule has 0 radical (unpaired) electrons. The molecule has 14 nitrogen and oxygen atoms in total. The number of hydrogen-bond donors (Lipinski definition) is 3. The summed E-state index contributed by atoms with van der Waals surface area (Å²) in [5, 5.41) is 5.92. The quantitative estimate of drug-likeness (QED) is 0.139. The molecular formula is C20H25N6O8P. The number of aromatic nitrogens is 2. The predicted octanol–water partition coefficient (Wildman–Crippen LogP) is 1.30. The molecule has 188 valence electrons. The van der Waals surface area contributed by atoms with Gasteiger partial charge in [0.2, 0.25) is 0 Å². The SMILES string of the molecule is COC(=O)[C@@H](Cc1ccccc1)NP(=O)(O)OC[C@H]1O[C@@H](n2cc(C)c(=O)[nH]c2=O)C[C@@H]1N=[N+]=[N-]. The third-order valence-electron chi connectivity index (χ3n) is 5.36. The Hall–Kier alpha value is -3.25. The van der Waals surface area contributed by atoms with Gasteiger partial charge in [-0.25, -0.2) is 14.4 Å². The highest BCUT2D eigenvalue weighted by Gasteiger charge is 2.39. The van der Waals surface area contributed by atoms with Crippen molar-refractivity contribution in [3.05, 3.63) is 78.9 Å². The molecule has 1 saturated heterocycles. The zero-order chi connectivity index (χ0) is 25.6. The van der Waals surface area contributed by atoms with Crippen LogP contribution < -0.4 is 16.3 Å². The minimum Gasteiger partial charge on any atom is -0.468 e. The standard InChI is InChI=1S/C20H25N6O8P/c1-12-10-26(20(29)22-18(12)27)17-9-14(23-25-21)16(34-17)11-33-35(30,31)24-15(19(28)32-2)8-13-6-4-3-5-7-13/h3-7,10,14-17H,8-9,11H2,1-2H3,(H,22,27,29)(H2,24,30,31)/t14-,15+,16+,17+/m0/s1. The number of aromatic amines is 1. The summed E-state index contributed by atoms with van der Waals surface area (Å²) in [6.45, 7) is 1.02. The molecular weight excluding hydrogens is 483 g/mol. The van der Waals surface area contributed by atoms with Gasteiger partial charge in [-0.05, 0) is 24.4 Å². The van der Waals surface area contributed by atoms with Crippen molar-refractivity contribution in [3.63, 3.8) is 0 Å². The fourth-order valence-electron chi connectivity index (χ4n) is 3.61. The number of nitrogens with one attached hydrogen (secondary N) is 2. The lowest BCUT2D eigenvalue weighted by Crippen LogP contribution is -2.38. The molecule has 0 spiro atoms. The number of carbonyl (C=O) groups excluding carboxylic acids is 1. The molecule has 2 heterocycles. The fraction of sp³-hybridized carbons (Fsp3) is 0.450. The highest BCUT2D eigenvalue weighted by atomic mass is 31.2. The summed E-state index contributed by atoms with van der Waals surface area (Å²) >= 11 is 0. The summed E-state index contributed by atoms with van der Waals surface area (Å²) in [7, 11) is -3.39. The second kappa shape index (κ2) is 11.5. The van der Waals surface area contributed by atoms with Gasteiger partial charge in [0.1, 0.15) is 12.3 Å². The summed E-state index contributed by atoms with van der Waals surface area (Å²) < 4.78 is 29.5. The molecule has 1 aromatic carbocycles. The normalized spacial score (nSPS) is 22.1. The van der Waals surface area contributed by atoms with Crippen LogP contribution in [0, 0.1) is 6.92 Å². The van der Waals surface area contributed by atoms with E-state index in [-0.39, 0.29) is 18.4 Å². The lowest BCUT2D eigenvalue weighted by Gasteiger charge is -2.22. The fourth-order valence-corrected chi connectivity index (χ4v) is 4.62. The van der Waals surface area contributed by atoms with Gasteiger partial charge >= 0.3 is 19.4 Å². The van der Waals surface area contributed by atoms with Gasteiger partial charge in [0.05, 0.1) is 25.9 Å². The van der Waals surface area contributed by atoms with Crippen LogP contribution in [0.4, 0.5) is 0 Å². The van der Waals surface area contributed by atoms with E-state index in [9.17, 15) is 23.8 Å². The highest BCUT2D eigenvalue weighted by molar-refractivity contribution is 7.50. The number of hydrogen-bond acceptors (Lipinski definition) is 8. The van der Waals surface area contributed by atoms with Crippen LogP contribution in [0.25, 0.3) is 10.4 Å². The second-order valence-corrected chi connectivity index (χ2v) is 9.38. The van der Waals surface area contributed by atoms with Gasteiger partial charge in [0, 0.05) is 23.1 Å². The first-order valence-electron chi connectivity index (χ1n) is 10.5. The van der Waals surface area contributed by atoms with Crippen molar-refractivity contribution in [1.29, 1.82) is 0 Å². The largest absolute Gasteiger partial charge is 0.468 e. The number of carbonyl (C=O) groups is 1. The van der Waals surface area contributed by atoms with Gasteiger partial charge in [-0.1, -0.05) is 35.4 Å². The van der Waals surface area contributed by atoms with E-state index < -0.39 is 56.0 Å². The molecule has 1 fully saturated rings. The van der Waals surface area contributed by atoms with E-state index in [0.29, 0.717) is 0 Å². The zero-order valence-electron chi connectivity index (χ0n) is 18.9. The van der Waals surface area contributed by atoms with Crippen LogP contribution in [0.15, 0.2) is 51.2 Å². The van der Waals surface area contributed by atoms with Crippen molar-refractivity contribution in [2.75, 3.05) is 13.7 Å². The molecule has 3 N–H and O–H groups in total. The third kappa shape index (κ3) is 6.89. The number of aryl methyl sites for hydroxylation is 1. The van der Waals surface area contributed by atoms with E-state index in [4.69, 9.17) is 19.5 Å². The predicted molar refractivity (Wildman–Crippen MR) is 122 cm³/mol. The number of H-pyrrole nitrogens is 1. The number of esters is 1. The molecule has 1 aliphatic rings. The minimum absolute atomic E-state index is 0.0609. The topological polar surface area (TPSA) is 198 Å². The van der Waals surface area contributed by atoms with Crippen molar-refractivity contribution < 1.29 is 28.3 Å². The smallest absolute Gasteiger partial charge is 0.403 e. The van der Waals surface area contributed by atoms with Crippen LogP contribution in [0.5, 0.6) is 0 Å². The van der Waals surface area contributed by atoms with E-state index in [1.165, 1.54) is 13.1 Å². The molecule has 0 saturated carbocycles. The van der Waals surface area contributed by atoms with Crippen LogP contribution >= 0.6 is 7.75 Å². The van der Waals surface area contributed by atoms with E-state index >= 15 is 0 Å². The van der Waals surface area contributed by atoms with Gasteiger partial charge in [-0.3, -0.25) is 23.7 Å². The van der Waals surface area contributed by atoms with E-state index in [2.05, 4.69) is 20.1 Å². The molecule has 0 bridgehead atoms. The maximum Gasteiger partial charge on any atom is 0.403 e. The summed E-state index contributed by atoms with van der Waals surface area (Å²) in [5.41, 5.74) is 8.62. The Kier molecular flexibility index (Phi) is 8.62. The maximum atomic E-state index is 12.7. The van der Waals surface area contributed by atoms with Crippen molar-refractivity contribution in [3.8, 4) is 0 Å². The Morgan fingerprint density at radius 3 is 2.80 bits per heavy atom. The monoisotopic (exact) mass is 508 g/mol. The molecule has 1 aromatic heterocycles. The Balaban J connectivity index is 1.70. The average molecular weight is 508 g/mol. The van der Waals surface area contributed by atoms with E-state index in [1.54, 1.807) is 30.3 Å². The average Bonchev–Trinajstić information content (AvgIpc) is 3.22. The van der Waals surface area contributed by atoms with Crippen LogP contribution in [0.3, 0.4) is 0 Å². The van der Waals surface area contributed by atoms with Gasteiger partial charge in [0.15, 0.2) is 0 Å². The number of nitrogens with zero attached hydrogens (tertiary/aromatic N) is 4. The van der Waals surface area contributed by atoms with Crippen molar-refractivity contribution in [2.45, 2.75) is 44.2 Å². The molecule has 5 atom stereocenters. The molecule has 1 aliphatic heterocycles. The number of azide groups is 1. The number of benzene rings is 1. The lowest BCUT2D eigenvalue weighted by molar-refractivity contribution is -0.142. The van der Waals surface area contributed by atoms with Crippen molar-refractivity contribution >= 4 is 13.7 Å². The summed E-state index contributed by atoms with van der Waals surface area (Å²) in [6.07, 6.45) is -0.451. The first-order valence-corrected chi connectivity index (χ1v) is 12.1. The number of ether oxygens (including phenoxy) is 2. The van der Waals surface area contributed by atoms with Crippen molar-refractivity contribution in [1.82, 2.24) is 14.6 Å². The first kappa shape index (κ1) is 26.4. The molecule has 35 heavy (non-hydrogen) atoms.